The van der Waals surface area contributed by atoms with Gasteiger partial charge in [0.15, 0.2) is 0 Å². The molecular formula is C11H22N2OS. The monoisotopic (exact) mass is 230 g/mol. The molecule has 0 saturated heterocycles. The summed E-state index contributed by atoms with van der Waals surface area (Å²) >= 11 is 4.08. The Morgan fingerprint density at radius 3 is 2.60 bits per heavy atom. The van der Waals surface area contributed by atoms with Crippen LogP contribution in [-0.2, 0) is 4.74 Å². The zero-order valence-electron chi connectivity index (χ0n) is 9.78. The third kappa shape index (κ3) is 10.1. The summed E-state index contributed by atoms with van der Waals surface area (Å²) in [5.41, 5.74) is 0. The molecule has 0 aromatic heterocycles. The normalized spacial score (nSPS) is 10.9. The number of rotatable bonds is 9. The molecule has 0 atom stereocenters. The van der Waals surface area contributed by atoms with Crippen LogP contribution < -0.4 is 0 Å². The second-order valence-corrected chi connectivity index (χ2v) is 4.39. The van der Waals surface area contributed by atoms with Crippen LogP contribution in [0.1, 0.15) is 20.3 Å². The van der Waals surface area contributed by atoms with Crippen LogP contribution >= 0.6 is 12.6 Å². The van der Waals surface area contributed by atoms with E-state index in [1.807, 2.05) is 0 Å². The Balaban J connectivity index is 3.65. The summed E-state index contributed by atoms with van der Waals surface area (Å²) in [7, 11) is 0. The molecule has 4 heteroatoms. The zero-order chi connectivity index (χ0) is 11.5. The Kier molecular flexibility index (Phi) is 10.1. The lowest BCUT2D eigenvalue weighted by Crippen LogP contribution is -2.32. The Labute approximate surface area is 98.8 Å². The quantitative estimate of drug-likeness (QED) is 0.485. The second kappa shape index (κ2) is 10.3. The van der Waals surface area contributed by atoms with Crippen LogP contribution in [0.2, 0.25) is 0 Å². The van der Waals surface area contributed by atoms with Gasteiger partial charge in [0.25, 0.3) is 0 Å². The molecule has 0 aliphatic heterocycles. The first-order valence-corrected chi connectivity index (χ1v) is 6.11. The smallest absolute Gasteiger partial charge is 0.0635 e. The van der Waals surface area contributed by atoms with Crippen molar-refractivity contribution in [1.82, 2.24) is 4.90 Å². The molecule has 88 valence electrons. The minimum Gasteiger partial charge on any atom is -0.379 e. The van der Waals surface area contributed by atoms with E-state index < -0.39 is 0 Å². The number of thiol groups is 1. The number of nitrogens with zero attached hydrogens (tertiary/aromatic N) is 2. The van der Waals surface area contributed by atoms with Crippen molar-refractivity contribution in [2.24, 2.45) is 5.92 Å². The van der Waals surface area contributed by atoms with Gasteiger partial charge in [0.2, 0.25) is 0 Å². The molecule has 0 amide bonds. The van der Waals surface area contributed by atoms with Gasteiger partial charge in [-0.2, -0.15) is 17.9 Å². The highest BCUT2D eigenvalue weighted by molar-refractivity contribution is 7.80. The summed E-state index contributed by atoms with van der Waals surface area (Å²) in [5.74, 6) is 1.40. The van der Waals surface area contributed by atoms with Crippen LogP contribution in [0.3, 0.4) is 0 Å². The average molecular weight is 230 g/mol. The molecule has 0 heterocycles. The lowest BCUT2D eigenvalue weighted by molar-refractivity contribution is 0.111. The molecular weight excluding hydrogens is 208 g/mol. The fourth-order valence-corrected chi connectivity index (χ4v) is 1.51. The van der Waals surface area contributed by atoms with Gasteiger partial charge < -0.3 is 4.74 Å². The van der Waals surface area contributed by atoms with Gasteiger partial charge in [-0.15, -0.1) is 0 Å². The van der Waals surface area contributed by atoms with Crippen molar-refractivity contribution in [3.05, 3.63) is 0 Å². The molecule has 0 rings (SSSR count). The number of nitriles is 1. The molecule has 15 heavy (non-hydrogen) atoms. The van der Waals surface area contributed by atoms with E-state index in [9.17, 15) is 0 Å². The van der Waals surface area contributed by atoms with Gasteiger partial charge >= 0.3 is 0 Å². The topological polar surface area (TPSA) is 36.3 Å². The summed E-state index contributed by atoms with van der Waals surface area (Å²) in [6.07, 6.45) is 0.597. The van der Waals surface area contributed by atoms with Gasteiger partial charge in [0.1, 0.15) is 0 Å². The van der Waals surface area contributed by atoms with Crippen LogP contribution in [-0.4, -0.2) is 43.5 Å². The van der Waals surface area contributed by atoms with E-state index in [2.05, 4.69) is 37.4 Å². The number of ether oxygens (including phenoxy) is 1. The van der Waals surface area contributed by atoms with Gasteiger partial charge in [-0.1, -0.05) is 13.8 Å². The molecule has 0 saturated carbocycles. The largest absolute Gasteiger partial charge is 0.379 e. The molecule has 0 aromatic rings. The van der Waals surface area contributed by atoms with Crippen LogP contribution in [0.15, 0.2) is 0 Å². The first kappa shape index (κ1) is 14.8. The SMILES string of the molecule is CC(C)CN(CCC#N)CCOCCS. The van der Waals surface area contributed by atoms with E-state index in [0.717, 1.165) is 32.0 Å². The van der Waals surface area contributed by atoms with Crippen LogP contribution in [0, 0.1) is 17.2 Å². The fraction of sp³-hybridized carbons (Fsp3) is 0.909. The van der Waals surface area contributed by atoms with Crippen LogP contribution in [0.5, 0.6) is 0 Å². The summed E-state index contributed by atoms with van der Waals surface area (Å²) in [5, 5.41) is 8.54. The fourth-order valence-electron chi connectivity index (χ4n) is 1.38. The number of hydrogen-bond acceptors (Lipinski definition) is 4. The highest BCUT2D eigenvalue weighted by atomic mass is 32.1. The lowest BCUT2D eigenvalue weighted by Gasteiger charge is -2.22. The van der Waals surface area contributed by atoms with Gasteiger partial charge in [0, 0.05) is 31.8 Å². The van der Waals surface area contributed by atoms with Crippen LogP contribution in [0.25, 0.3) is 0 Å². The standard InChI is InChI=1S/C11H22N2OS/c1-11(2)10-13(5-3-4-12)6-7-14-8-9-15/h11,15H,3,5-10H2,1-2H3. The van der Waals surface area contributed by atoms with Crippen molar-refractivity contribution in [2.45, 2.75) is 20.3 Å². The van der Waals surface area contributed by atoms with E-state index >= 15 is 0 Å². The van der Waals surface area contributed by atoms with Crippen molar-refractivity contribution in [3.8, 4) is 6.07 Å². The first-order chi connectivity index (χ1) is 7.20. The predicted octanol–water partition coefficient (Wildman–Crippen LogP) is 1.80. The van der Waals surface area contributed by atoms with E-state index in [0.29, 0.717) is 18.9 Å². The van der Waals surface area contributed by atoms with Gasteiger partial charge in [0.05, 0.1) is 19.3 Å². The molecule has 3 nitrogen and oxygen atoms in total. The molecule has 0 aromatic carbocycles. The molecule has 0 unspecified atom stereocenters. The summed E-state index contributed by atoms with van der Waals surface area (Å²) in [4.78, 5) is 2.28. The molecule has 0 N–H and O–H groups in total. The van der Waals surface area contributed by atoms with Crippen molar-refractivity contribution < 1.29 is 4.74 Å². The maximum absolute atomic E-state index is 8.54. The highest BCUT2D eigenvalue weighted by Crippen LogP contribution is 1.99. The molecule has 0 fully saturated rings. The maximum atomic E-state index is 8.54. The molecule has 0 aliphatic carbocycles. The minimum atomic E-state index is 0.597. The van der Waals surface area contributed by atoms with Gasteiger partial charge in [-0.05, 0) is 5.92 Å². The van der Waals surface area contributed by atoms with E-state index in [-0.39, 0.29) is 0 Å². The summed E-state index contributed by atoms with van der Waals surface area (Å²) in [6.45, 7) is 8.61. The second-order valence-electron chi connectivity index (χ2n) is 3.94. The van der Waals surface area contributed by atoms with Gasteiger partial charge in [-0.3, -0.25) is 4.90 Å². The molecule has 0 spiro atoms. The Bertz CT molecular complexity index is 180. The molecule has 0 aliphatic rings. The van der Waals surface area contributed by atoms with Gasteiger partial charge in [-0.25, -0.2) is 0 Å². The Hall–Kier alpha value is -0.240. The first-order valence-electron chi connectivity index (χ1n) is 5.48. The van der Waals surface area contributed by atoms with Crippen molar-refractivity contribution >= 4 is 12.6 Å². The van der Waals surface area contributed by atoms with E-state index in [1.54, 1.807) is 0 Å². The Morgan fingerprint density at radius 1 is 1.33 bits per heavy atom. The average Bonchev–Trinajstić information content (AvgIpc) is 2.19. The third-order valence-corrected chi connectivity index (χ3v) is 2.13. The summed E-state index contributed by atoms with van der Waals surface area (Å²) in [6, 6.07) is 2.18. The van der Waals surface area contributed by atoms with Crippen molar-refractivity contribution in [1.29, 1.82) is 5.26 Å². The minimum absolute atomic E-state index is 0.597. The van der Waals surface area contributed by atoms with Crippen LogP contribution in [0.4, 0.5) is 0 Å². The highest BCUT2D eigenvalue weighted by Gasteiger charge is 2.06. The summed E-state index contributed by atoms with van der Waals surface area (Å²) < 4.78 is 5.37. The van der Waals surface area contributed by atoms with E-state index in [1.165, 1.54) is 0 Å². The zero-order valence-corrected chi connectivity index (χ0v) is 10.7. The number of hydrogen-bond donors (Lipinski definition) is 1. The van der Waals surface area contributed by atoms with E-state index in [4.69, 9.17) is 10.00 Å². The molecule has 0 bridgehead atoms. The predicted molar refractivity (Wildman–Crippen MR) is 66.2 cm³/mol. The lowest BCUT2D eigenvalue weighted by atomic mass is 10.2. The van der Waals surface area contributed by atoms with Crippen molar-refractivity contribution in [3.63, 3.8) is 0 Å². The Morgan fingerprint density at radius 2 is 2.07 bits per heavy atom. The third-order valence-electron chi connectivity index (χ3n) is 1.95. The molecule has 0 radical (unpaired) electrons. The van der Waals surface area contributed by atoms with Crippen molar-refractivity contribution in [2.75, 3.05) is 38.6 Å². The maximum Gasteiger partial charge on any atom is 0.0635 e.